The Morgan fingerprint density at radius 3 is 1.34 bits per heavy atom. The second kappa shape index (κ2) is 41.0. The van der Waals surface area contributed by atoms with Gasteiger partial charge in [-0.3, -0.25) is 0 Å². The summed E-state index contributed by atoms with van der Waals surface area (Å²) in [5.41, 5.74) is 0. The number of ether oxygens (including phenoxy) is 3. The molecular weight excluding hydrogens is 620 g/mol. The van der Waals surface area contributed by atoms with Gasteiger partial charge in [-0.05, 0) is 91.1 Å². The predicted molar refractivity (Wildman–Crippen MR) is 217 cm³/mol. The molecule has 0 fully saturated rings. The van der Waals surface area contributed by atoms with Crippen LogP contribution in [0.5, 0.6) is 0 Å². The first-order valence-corrected chi connectivity index (χ1v) is 20.2. The maximum Gasteiger partial charge on any atom is 0.407 e. The van der Waals surface area contributed by atoms with Crippen LogP contribution in [0, 0.1) is 0 Å². The average molecular weight is 699 g/mol. The lowest BCUT2D eigenvalue weighted by Gasteiger charge is -2.19. The summed E-state index contributed by atoms with van der Waals surface area (Å²) in [7, 11) is 3.97. The van der Waals surface area contributed by atoms with Gasteiger partial charge in [0.05, 0.1) is 13.2 Å². The quantitative estimate of drug-likeness (QED) is 0.0521. The number of carbonyl (C=O) groups excluding carboxylic acids is 1. The molecule has 0 saturated heterocycles. The van der Waals surface area contributed by atoms with Crippen molar-refractivity contribution in [3.05, 3.63) is 72.9 Å². The van der Waals surface area contributed by atoms with Gasteiger partial charge in [-0.25, -0.2) is 4.79 Å². The van der Waals surface area contributed by atoms with E-state index in [0.717, 1.165) is 57.9 Å². The first-order valence-electron chi connectivity index (χ1n) is 20.2. The molecule has 0 aliphatic carbocycles. The first kappa shape index (κ1) is 47.6. The molecule has 288 valence electrons. The fourth-order valence-electron chi connectivity index (χ4n) is 5.12. The molecule has 0 aliphatic heterocycles. The van der Waals surface area contributed by atoms with Crippen LogP contribution < -0.4 is 5.32 Å². The Kier molecular flexibility index (Phi) is 39.0. The van der Waals surface area contributed by atoms with E-state index >= 15 is 0 Å². The van der Waals surface area contributed by atoms with Crippen molar-refractivity contribution in [2.24, 2.45) is 0 Å². The minimum atomic E-state index is -0.402. The van der Waals surface area contributed by atoms with E-state index in [1.807, 2.05) is 19.0 Å². The van der Waals surface area contributed by atoms with Crippen molar-refractivity contribution in [1.82, 2.24) is 10.2 Å². The lowest BCUT2D eigenvalue weighted by Crippen LogP contribution is -2.37. The molecule has 0 aromatic carbocycles. The van der Waals surface area contributed by atoms with Gasteiger partial charge in [-0.2, -0.15) is 0 Å². The van der Waals surface area contributed by atoms with E-state index in [0.29, 0.717) is 33.0 Å². The van der Waals surface area contributed by atoms with Crippen LogP contribution in [-0.2, 0) is 14.2 Å². The fourth-order valence-corrected chi connectivity index (χ4v) is 5.12. The molecule has 0 aromatic heterocycles. The zero-order valence-electron chi connectivity index (χ0n) is 33.0. The van der Waals surface area contributed by atoms with Gasteiger partial charge in [0.15, 0.2) is 6.10 Å². The van der Waals surface area contributed by atoms with E-state index in [4.69, 9.17) is 14.2 Å². The molecule has 0 heterocycles. The summed E-state index contributed by atoms with van der Waals surface area (Å²) in [6, 6.07) is 0. The lowest BCUT2D eigenvalue weighted by atomic mass is 10.1. The summed E-state index contributed by atoms with van der Waals surface area (Å²) in [5, 5.41) is 2.83. The Morgan fingerprint density at radius 2 is 0.920 bits per heavy atom. The Morgan fingerprint density at radius 1 is 0.540 bits per heavy atom. The van der Waals surface area contributed by atoms with Gasteiger partial charge in [0.1, 0.15) is 0 Å². The summed E-state index contributed by atoms with van der Waals surface area (Å²) in [4.78, 5) is 14.4. The summed E-state index contributed by atoms with van der Waals surface area (Å²) in [5.74, 6) is 0. The molecule has 0 radical (unpaired) electrons. The summed E-state index contributed by atoms with van der Waals surface area (Å²) in [6.07, 6.45) is 49.6. The van der Waals surface area contributed by atoms with Crippen molar-refractivity contribution >= 4 is 6.09 Å². The van der Waals surface area contributed by atoms with Crippen LogP contribution in [-0.4, -0.2) is 70.7 Å². The second-order valence-corrected chi connectivity index (χ2v) is 13.3. The largest absolute Gasteiger partial charge is 0.441 e. The molecule has 0 bridgehead atoms. The Balaban J connectivity index is 3.97. The van der Waals surface area contributed by atoms with Crippen LogP contribution in [0.15, 0.2) is 72.9 Å². The zero-order valence-corrected chi connectivity index (χ0v) is 33.0. The van der Waals surface area contributed by atoms with E-state index in [1.165, 1.54) is 77.0 Å². The standard InChI is InChI=1S/C44H78N2O4/c1-5-7-9-11-13-15-17-19-21-23-25-27-29-31-33-35-39-48-41-43(50-44(47)45-37-38-46(3)4)42-49-40-36-34-32-30-28-26-24-22-20-18-16-14-12-10-8-6-2/h7-10,13-16,19-22,43H,5-6,11-12,17-18,23-42H2,1-4H3,(H,45,47). The minimum Gasteiger partial charge on any atom is -0.441 e. The Labute approximate surface area is 309 Å². The van der Waals surface area contributed by atoms with Gasteiger partial charge in [0.25, 0.3) is 0 Å². The van der Waals surface area contributed by atoms with Crippen LogP contribution in [0.1, 0.15) is 142 Å². The van der Waals surface area contributed by atoms with Gasteiger partial charge in [0, 0.05) is 26.3 Å². The molecular formula is C44H78N2O4. The first-order chi connectivity index (χ1) is 24.6. The highest BCUT2D eigenvalue weighted by atomic mass is 16.6. The molecule has 0 atom stereocenters. The predicted octanol–water partition coefficient (Wildman–Crippen LogP) is 11.9. The second-order valence-electron chi connectivity index (χ2n) is 13.3. The molecule has 6 heteroatoms. The van der Waals surface area contributed by atoms with Gasteiger partial charge in [-0.1, -0.05) is 138 Å². The van der Waals surface area contributed by atoms with E-state index in [9.17, 15) is 4.79 Å². The third-order valence-corrected chi connectivity index (χ3v) is 8.09. The van der Waals surface area contributed by atoms with Crippen LogP contribution in [0.4, 0.5) is 4.79 Å². The Hall–Kier alpha value is -2.41. The molecule has 50 heavy (non-hydrogen) atoms. The van der Waals surface area contributed by atoms with Crippen molar-refractivity contribution in [2.75, 3.05) is 53.6 Å². The van der Waals surface area contributed by atoms with Crippen molar-refractivity contribution < 1.29 is 19.0 Å². The summed E-state index contributed by atoms with van der Waals surface area (Å²) < 4.78 is 17.5. The fraction of sp³-hybridized carbons (Fsp3) is 0.705. The SMILES string of the molecule is CCC=CCC=CCC=CCCCCCCCCOCC(COCCCCCCCCC=CCC=CCC=CCC)OC(=O)NCCN(C)C. The number of unbranched alkanes of at least 4 members (excludes halogenated alkanes) is 12. The summed E-state index contributed by atoms with van der Waals surface area (Å²) in [6.45, 7) is 7.78. The lowest BCUT2D eigenvalue weighted by molar-refractivity contribution is -0.0292. The number of hydrogen-bond acceptors (Lipinski definition) is 5. The maximum absolute atomic E-state index is 12.3. The van der Waals surface area contributed by atoms with Crippen molar-refractivity contribution in [3.63, 3.8) is 0 Å². The molecule has 0 unspecified atom stereocenters. The van der Waals surface area contributed by atoms with Crippen LogP contribution in [0.25, 0.3) is 0 Å². The molecule has 0 aromatic rings. The number of allylic oxidation sites excluding steroid dienone is 12. The number of amides is 1. The maximum atomic E-state index is 12.3. The van der Waals surface area contributed by atoms with E-state index < -0.39 is 12.2 Å². The van der Waals surface area contributed by atoms with Gasteiger partial charge >= 0.3 is 6.09 Å². The van der Waals surface area contributed by atoms with Crippen LogP contribution >= 0.6 is 0 Å². The van der Waals surface area contributed by atoms with E-state index in [-0.39, 0.29) is 0 Å². The number of likely N-dealkylation sites (N-methyl/N-ethyl adjacent to an activating group) is 1. The smallest absolute Gasteiger partial charge is 0.407 e. The third-order valence-electron chi connectivity index (χ3n) is 8.09. The van der Waals surface area contributed by atoms with E-state index in [2.05, 4.69) is 92.1 Å². The molecule has 6 nitrogen and oxygen atoms in total. The number of nitrogens with zero attached hydrogens (tertiary/aromatic N) is 1. The van der Waals surface area contributed by atoms with Gasteiger partial charge < -0.3 is 24.4 Å². The average Bonchev–Trinajstić information content (AvgIpc) is 3.10. The molecule has 1 amide bonds. The van der Waals surface area contributed by atoms with Crippen LogP contribution in [0.3, 0.4) is 0 Å². The number of alkyl carbamates (subject to hydrolysis) is 1. The topological polar surface area (TPSA) is 60.0 Å². The minimum absolute atomic E-state index is 0.374. The highest BCUT2D eigenvalue weighted by Gasteiger charge is 2.15. The number of rotatable bonds is 36. The highest BCUT2D eigenvalue weighted by molar-refractivity contribution is 5.67. The number of nitrogens with one attached hydrogen (secondary N) is 1. The van der Waals surface area contributed by atoms with Crippen molar-refractivity contribution in [3.8, 4) is 0 Å². The van der Waals surface area contributed by atoms with Crippen molar-refractivity contribution in [2.45, 2.75) is 148 Å². The number of carbonyl (C=O) groups is 1. The van der Waals surface area contributed by atoms with Crippen molar-refractivity contribution in [1.29, 1.82) is 0 Å². The molecule has 0 rings (SSSR count). The zero-order chi connectivity index (χ0) is 36.4. The molecule has 0 spiro atoms. The monoisotopic (exact) mass is 699 g/mol. The van der Waals surface area contributed by atoms with Gasteiger partial charge in [0.2, 0.25) is 0 Å². The normalized spacial score (nSPS) is 13.1. The third kappa shape index (κ3) is 40.0. The Bertz CT molecular complexity index is 832. The van der Waals surface area contributed by atoms with E-state index in [1.54, 1.807) is 0 Å². The number of hydrogen-bond donors (Lipinski definition) is 1. The van der Waals surface area contributed by atoms with Gasteiger partial charge in [-0.15, -0.1) is 0 Å². The highest BCUT2D eigenvalue weighted by Crippen LogP contribution is 2.10. The molecule has 0 saturated carbocycles. The molecule has 1 N–H and O–H groups in total. The summed E-state index contributed by atoms with van der Waals surface area (Å²) >= 11 is 0. The van der Waals surface area contributed by atoms with Crippen LogP contribution in [0.2, 0.25) is 0 Å². The molecule has 0 aliphatic rings.